The summed E-state index contributed by atoms with van der Waals surface area (Å²) in [5.74, 6) is 0. The third-order valence-corrected chi connectivity index (χ3v) is 2.31. The highest BCUT2D eigenvalue weighted by atomic mass is 79.9. The van der Waals surface area contributed by atoms with Gasteiger partial charge in [0.05, 0.1) is 5.69 Å². The summed E-state index contributed by atoms with van der Waals surface area (Å²) in [5.41, 5.74) is 1.08. The summed E-state index contributed by atoms with van der Waals surface area (Å²) in [5, 5.41) is 11.1. The molecule has 0 aliphatic rings. The van der Waals surface area contributed by atoms with Gasteiger partial charge in [0.2, 0.25) is 0 Å². The monoisotopic (exact) mass is 232 g/mol. The van der Waals surface area contributed by atoms with Crippen LogP contribution >= 0.6 is 15.9 Å². The SMILES string of the molecule is CCNC(C)c1c(Br)nnn1C. The van der Waals surface area contributed by atoms with Gasteiger partial charge in [-0.2, -0.15) is 0 Å². The van der Waals surface area contributed by atoms with E-state index in [0.29, 0.717) is 0 Å². The van der Waals surface area contributed by atoms with Gasteiger partial charge in [-0.3, -0.25) is 0 Å². The molecular weight excluding hydrogens is 220 g/mol. The largest absolute Gasteiger partial charge is 0.309 e. The standard InChI is InChI=1S/C7H13BrN4/c1-4-9-5(2)6-7(8)10-11-12(6)3/h5,9H,4H2,1-3H3. The minimum absolute atomic E-state index is 0.282. The predicted octanol–water partition coefficient (Wildman–Crippen LogP) is 1.25. The van der Waals surface area contributed by atoms with Crippen molar-refractivity contribution in [2.75, 3.05) is 6.54 Å². The highest BCUT2D eigenvalue weighted by Crippen LogP contribution is 2.19. The second-order valence-corrected chi connectivity index (χ2v) is 3.42. The number of nitrogens with zero attached hydrogens (tertiary/aromatic N) is 3. The second kappa shape index (κ2) is 4.00. The lowest BCUT2D eigenvalue weighted by Crippen LogP contribution is -2.20. The Hall–Kier alpha value is -0.420. The fraction of sp³-hybridized carbons (Fsp3) is 0.714. The highest BCUT2D eigenvalue weighted by Gasteiger charge is 2.13. The minimum Gasteiger partial charge on any atom is -0.309 e. The van der Waals surface area contributed by atoms with Crippen molar-refractivity contribution in [2.24, 2.45) is 7.05 Å². The maximum absolute atomic E-state index is 3.91. The molecule has 1 aromatic heterocycles. The molecule has 0 saturated heterocycles. The first-order valence-electron chi connectivity index (χ1n) is 3.95. The zero-order valence-corrected chi connectivity index (χ0v) is 9.09. The Morgan fingerprint density at radius 2 is 2.33 bits per heavy atom. The number of aromatic nitrogens is 3. The zero-order valence-electron chi connectivity index (χ0n) is 7.50. The molecule has 0 saturated carbocycles. The summed E-state index contributed by atoms with van der Waals surface area (Å²) in [6.45, 7) is 5.11. The molecule has 1 heterocycles. The van der Waals surface area contributed by atoms with Crippen molar-refractivity contribution in [3.8, 4) is 0 Å². The van der Waals surface area contributed by atoms with Crippen molar-refractivity contribution in [3.63, 3.8) is 0 Å². The molecule has 1 atom stereocenters. The fourth-order valence-corrected chi connectivity index (χ4v) is 1.87. The number of nitrogens with one attached hydrogen (secondary N) is 1. The smallest absolute Gasteiger partial charge is 0.153 e. The Labute approximate surface area is 80.5 Å². The Morgan fingerprint density at radius 3 is 2.75 bits per heavy atom. The lowest BCUT2D eigenvalue weighted by Gasteiger charge is -2.11. The summed E-state index contributed by atoms with van der Waals surface area (Å²) >= 11 is 3.35. The molecule has 12 heavy (non-hydrogen) atoms. The maximum Gasteiger partial charge on any atom is 0.153 e. The van der Waals surface area contributed by atoms with Gasteiger partial charge >= 0.3 is 0 Å². The molecular formula is C7H13BrN4. The summed E-state index contributed by atoms with van der Waals surface area (Å²) in [6.07, 6.45) is 0. The van der Waals surface area contributed by atoms with Crippen LogP contribution in [0, 0.1) is 0 Å². The highest BCUT2D eigenvalue weighted by molar-refractivity contribution is 9.10. The average Bonchev–Trinajstić information content (AvgIpc) is 2.32. The molecule has 0 fully saturated rings. The van der Waals surface area contributed by atoms with Crippen molar-refractivity contribution in [1.29, 1.82) is 0 Å². The number of aryl methyl sites for hydroxylation is 1. The van der Waals surface area contributed by atoms with Crippen molar-refractivity contribution < 1.29 is 0 Å². The second-order valence-electron chi connectivity index (χ2n) is 2.67. The number of rotatable bonds is 3. The van der Waals surface area contributed by atoms with Gasteiger partial charge in [-0.1, -0.05) is 12.1 Å². The molecule has 0 bridgehead atoms. The van der Waals surface area contributed by atoms with Crippen LogP contribution in [0.4, 0.5) is 0 Å². The summed E-state index contributed by atoms with van der Waals surface area (Å²) in [4.78, 5) is 0. The normalized spacial score (nSPS) is 13.3. The fourth-order valence-electron chi connectivity index (χ4n) is 1.20. The van der Waals surface area contributed by atoms with E-state index in [1.165, 1.54) is 0 Å². The molecule has 68 valence electrons. The van der Waals surface area contributed by atoms with E-state index in [4.69, 9.17) is 0 Å². The first-order chi connectivity index (χ1) is 5.66. The third kappa shape index (κ3) is 1.84. The predicted molar refractivity (Wildman–Crippen MR) is 50.8 cm³/mol. The quantitative estimate of drug-likeness (QED) is 0.854. The van der Waals surface area contributed by atoms with Gasteiger partial charge < -0.3 is 5.32 Å². The molecule has 1 aromatic rings. The third-order valence-electron chi connectivity index (χ3n) is 1.75. The summed E-state index contributed by atoms with van der Waals surface area (Å²) in [7, 11) is 1.89. The molecule has 5 heteroatoms. The summed E-state index contributed by atoms with van der Waals surface area (Å²) < 4.78 is 2.59. The topological polar surface area (TPSA) is 42.7 Å². The van der Waals surface area contributed by atoms with Crippen LogP contribution in [0.5, 0.6) is 0 Å². The number of hydrogen-bond acceptors (Lipinski definition) is 3. The Bertz CT molecular complexity index is 238. The van der Waals surface area contributed by atoms with Gasteiger partial charge in [-0.25, -0.2) is 4.68 Å². The average molecular weight is 233 g/mol. The molecule has 0 amide bonds. The van der Waals surface area contributed by atoms with Crippen LogP contribution in [0.1, 0.15) is 25.6 Å². The Balaban J connectivity index is 2.85. The van der Waals surface area contributed by atoms with E-state index in [1.54, 1.807) is 4.68 Å². The lowest BCUT2D eigenvalue weighted by atomic mass is 10.2. The van der Waals surface area contributed by atoms with Crippen LogP contribution in [-0.2, 0) is 7.05 Å². The molecule has 0 spiro atoms. The molecule has 4 nitrogen and oxygen atoms in total. The first-order valence-corrected chi connectivity index (χ1v) is 4.74. The van der Waals surface area contributed by atoms with E-state index in [1.807, 2.05) is 7.05 Å². The Kier molecular flexibility index (Phi) is 3.22. The molecule has 0 radical (unpaired) electrons. The number of halogens is 1. The van der Waals surface area contributed by atoms with Gasteiger partial charge in [0, 0.05) is 13.1 Å². The molecule has 0 aromatic carbocycles. The van der Waals surface area contributed by atoms with E-state index in [0.717, 1.165) is 16.8 Å². The molecule has 0 aliphatic heterocycles. The first kappa shape index (κ1) is 9.67. The van der Waals surface area contributed by atoms with Gasteiger partial charge in [-0.05, 0) is 29.4 Å². The van der Waals surface area contributed by atoms with Crippen LogP contribution in [0.3, 0.4) is 0 Å². The Morgan fingerprint density at radius 1 is 1.67 bits per heavy atom. The van der Waals surface area contributed by atoms with Crippen LogP contribution < -0.4 is 5.32 Å². The van der Waals surface area contributed by atoms with E-state index in [-0.39, 0.29) is 6.04 Å². The van der Waals surface area contributed by atoms with E-state index in [9.17, 15) is 0 Å². The van der Waals surface area contributed by atoms with Gasteiger partial charge in [0.25, 0.3) is 0 Å². The van der Waals surface area contributed by atoms with Crippen LogP contribution in [0.15, 0.2) is 4.60 Å². The minimum atomic E-state index is 0.282. The van der Waals surface area contributed by atoms with Crippen LogP contribution in [0.2, 0.25) is 0 Å². The van der Waals surface area contributed by atoms with Gasteiger partial charge in [0.15, 0.2) is 4.60 Å². The lowest BCUT2D eigenvalue weighted by molar-refractivity contribution is 0.542. The van der Waals surface area contributed by atoms with Crippen molar-refractivity contribution in [2.45, 2.75) is 19.9 Å². The molecule has 1 unspecified atom stereocenters. The molecule has 0 aliphatic carbocycles. The van der Waals surface area contributed by atoms with E-state index >= 15 is 0 Å². The number of hydrogen-bond donors (Lipinski definition) is 1. The summed E-state index contributed by atoms with van der Waals surface area (Å²) in [6, 6.07) is 0.282. The van der Waals surface area contributed by atoms with E-state index < -0.39 is 0 Å². The van der Waals surface area contributed by atoms with Crippen molar-refractivity contribution in [1.82, 2.24) is 20.3 Å². The van der Waals surface area contributed by atoms with Crippen LogP contribution in [0.25, 0.3) is 0 Å². The maximum atomic E-state index is 3.91. The van der Waals surface area contributed by atoms with Crippen LogP contribution in [-0.4, -0.2) is 21.5 Å². The van der Waals surface area contributed by atoms with Gasteiger partial charge in [0.1, 0.15) is 0 Å². The van der Waals surface area contributed by atoms with Gasteiger partial charge in [-0.15, -0.1) is 5.10 Å². The van der Waals surface area contributed by atoms with Crippen molar-refractivity contribution >= 4 is 15.9 Å². The zero-order chi connectivity index (χ0) is 9.14. The van der Waals surface area contributed by atoms with E-state index in [2.05, 4.69) is 45.4 Å². The molecule has 1 rings (SSSR count). The molecule has 1 N–H and O–H groups in total. The van der Waals surface area contributed by atoms with Crippen molar-refractivity contribution in [3.05, 3.63) is 10.3 Å².